The number of para-hydroxylation sites is 2. The minimum atomic E-state index is 0.940. The van der Waals surface area contributed by atoms with Crippen LogP contribution in [0.1, 0.15) is 36.1 Å². The van der Waals surface area contributed by atoms with Gasteiger partial charge in [-0.15, -0.1) is 0 Å². The Balaban J connectivity index is 1.09. The van der Waals surface area contributed by atoms with Crippen LogP contribution in [0.25, 0.3) is 45.8 Å². The summed E-state index contributed by atoms with van der Waals surface area (Å²) in [6.45, 7) is 6.33. The first kappa shape index (κ1) is 30.9. The molecule has 0 saturated carbocycles. The number of fused-ring (bicyclic) bond motifs is 6. The van der Waals surface area contributed by atoms with E-state index < -0.39 is 0 Å². The van der Waals surface area contributed by atoms with E-state index in [1.54, 1.807) is 0 Å². The van der Waals surface area contributed by atoms with Crippen LogP contribution >= 0.6 is 23.5 Å². The lowest BCUT2D eigenvalue weighted by Crippen LogP contribution is -2.19. The Morgan fingerprint density at radius 2 is 0.760 bits per heavy atom. The summed E-state index contributed by atoms with van der Waals surface area (Å²) >= 11 is 3.73. The molecule has 0 bridgehead atoms. The summed E-state index contributed by atoms with van der Waals surface area (Å²) in [7, 11) is 0. The largest absolute Gasteiger partial charge is 0.340 e. The smallest absolute Gasteiger partial charge is 0.0553 e. The van der Waals surface area contributed by atoms with Gasteiger partial charge in [0.05, 0.1) is 22.7 Å². The van der Waals surface area contributed by atoms with Gasteiger partial charge in [-0.3, -0.25) is 0 Å². The van der Waals surface area contributed by atoms with Gasteiger partial charge >= 0.3 is 0 Å². The zero-order chi connectivity index (χ0) is 33.6. The molecular weight excluding hydrogens is 645 g/mol. The van der Waals surface area contributed by atoms with Crippen LogP contribution in [-0.2, 0) is 0 Å². The summed E-state index contributed by atoms with van der Waals surface area (Å²) in [5.74, 6) is 0. The lowest BCUT2D eigenvalue weighted by Gasteiger charge is -2.32. The van der Waals surface area contributed by atoms with E-state index in [0.29, 0.717) is 0 Å². The van der Waals surface area contributed by atoms with Crippen molar-refractivity contribution in [1.29, 1.82) is 0 Å². The predicted octanol–water partition coefficient (Wildman–Crippen LogP) is 13.6. The molecule has 0 amide bonds. The third-order valence-corrected chi connectivity index (χ3v) is 12.1. The molecular formula is C46H36N2S2. The molecule has 0 atom stereocenters. The van der Waals surface area contributed by atoms with E-state index in [2.05, 4.69) is 181 Å². The summed E-state index contributed by atoms with van der Waals surface area (Å²) in [6.07, 6.45) is 9.20. The van der Waals surface area contributed by atoms with E-state index in [0.717, 1.165) is 13.1 Å². The van der Waals surface area contributed by atoms with Crippen molar-refractivity contribution in [2.24, 2.45) is 0 Å². The topological polar surface area (TPSA) is 6.48 Å². The second-order valence-electron chi connectivity index (χ2n) is 12.7. The fraction of sp³-hybridized carbons (Fsp3) is 0.0870. The van der Waals surface area contributed by atoms with Crippen molar-refractivity contribution in [2.45, 2.75) is 33.4 Å². The van der Waals surface area contributed by atoms with Gasteiger partial charge in [-0.1, -0.05) is 133 Å². The fourth-order valence-electron chi connectivity index (χ4n) is 7.50. The minimum Gasteiger partial charge on any atom is -0.340 e. The first-order valence-corrected chi connectivity index (χ1v) is 19.0. The molecule has 2 heterocycles. The molecule has 0 spiro atoms. The maximum Gasteiger partial charge on any atom is 0.0553 e. The van der Waals surface area contributed by atoms with Gasteiger partial charge in [-0.25, -0.2) is 0 Å². The molecule has 7 aromatic carbocycles. The highest BCUT2D eigenvalue weighted by atomic mass is 32.2. The maximum absolute atomic E-state index is 2.42. The first-order chi connectivity index (χ1) is 24.7. The average molecular weight is 681 g/mol. The van der Waals surface area contributed by atoms with Gasteiger partial charge in [0.2, 0.25) is 0 Å². The Morgan fingerprint density at radius 1 is 0.400 bits per heavy atom. The first-order valence-electron chi connectivity index (χ1n) is 17.4. The number of hydrogen-bond acceptors (Lipinski definition) is 4. The summed E-state index contributed by atoms with van der Waals surface area (Å²) in [6, 6.07) is 48.9. The number of benzene rings is 7. The molecule has 0 saturated heterocycles. The van der Waals surface area contributed by atoms with E-state index in [-0.39, 0.29) is 0 Å². The Labute approximate surface area is 302 Å². The second kappa shape index (κ2) is 12.9. The van der Waals surface area contributed by atoms with Gasteiger partial charge in [0, 0.05) is 32.7 Å². The summed E-state index contributed by atoms with van der Waals surface area (Å²) in [4.78, 5) is 10.1. The third kappa shape index (κ3) is 5.31. The van der Waals surface area contributed by atoms with Crippen molar-refractivity contribution in [3.63, 3.8) is 0 Å². The predicted molar refractivity (Wildman–Crippen MR) is 219 cm³/mol. The fourth-order valence-corrected chi connectivity index (χ4v) is 9.79. The molecule has 0 unspecified atom stereocenters. The molecule has 4 heteroatoms. The van der Waals surface area contributed by atoms with Crippen molar-refractivity contribution in [1.82, 2.24) is 0 Å². The molecule has 2 aliphatic rings. The van der Waals surface area contributed by atoms with Crippen LogP contribution in [0.5, 0.6) is 0 Å². The number of hydrogen-bond donors (Lipinski definition) is 0. The normalized spacial score (nSPS) is 13.6. The number of rotatable bonds is 6. The zero-order valence-corrected chi connectivity index (χ0v) is 29.8. The van der Waals surface area contributed by atoms with E-state index >= 15 is 0 Å². The van der Waals surface area contributed by atoms with E-state index in [1.807, 2.05) is 23.5 Å². The molecule has 0 radical (unpaired) electrons. The van der Waals surface area contributed by atoms with Crippen molar-refractivity contribution in [2.75, 3.05) is 22.9 Å². The SMILES string of the molecule is CCN1c2ccccc2Sc2cc(/C=C/c3c4ccccc4c(/C=C/c4ccc5c(c4)Sc4ccccc4N5CC)c4ccccc34)ccc21. The van der Waals surface area contributed by atoms with Gasteiger partial charge < -0.3 is 9.80 Å². The Hall–Kier alpha value is -5.16. The zero-order valence-electron chi connectivity index (χ0n) is 28.1. The number of nitrogens with zero attached hydrogens (tertiary/aromatic N) is 2. The van der Waals surface area contributed by atoms with E-state index in [9.17, 15) is 0 Å². The van der Waals surface area contributed by atoms with Crippen LogP contribution in [0.2, 0.25) is 0 Å². The van der Waals surface area contributed by atoms with Crippen molar-refractivity contribution < 1.29 is 0 Å². The second-order valence-corrected chi connectivity index (χ2v) is 14.8. The highest BCUT2D eigenvalue weighted by Gasteiger charge is 2.23. The van der Waals surface area contributed by atoms with Crippen LogP contribution in [0.4, 0.5) is 22.7 Å². The average Bonchev–Trinajstić information content (AvgIpc) is 3.17. The standard InChI is InChI=1S/C46H36N2S2/c1-3-47-39-17-9-11-19-43(39)49-45-29-31(23-27-41(45)47)21-25-37-33-13-5-7-15-35(33)38(36-16-8-6-14-34(36)37)26-22-32-24-28-42-46(30-32)50-44-20-12-10-18-40(44)48(42)4-2/h5-30H,3-4H2,1-2H3/b25-21+,26-22+. The Morgan fingerprint density at radius 3 is 1.16 bits per heavy atom. The van der Waals surface area contributed by atoms with Crippen LogP contribution in [0.3, 0.4) is 0 Å². The highest BCUT2D eigenvalue weighted by molar-refractivity contribution is 8.00. The van der Waals surface area contributed by atoms with Gasteiger partial charge in [-0.05, 0) is 106 Å². The summed E-state index contributed by atoms with van der Waals surface area (Å²) in [5, 5.41) is 5.04. The van der Waals surface area contributed by atoms with Crippen LogP contribution in [-0.4, -0.2) is 13.1 Å². The van der Waals surface area contributed by atoms with Gasteiger partial charge in [0.1, 0.15) is 0 Å². The molecule has 0 N–H and O–H groups in total. The molecule has 50 heavy (non-hydrogen) atoms. The summed E-state index contributed by atoms with van der Waals surface area (Å²) < 4.78 is 0. The quantitative estimate of drug-likeness (QED) is 0.127. The van der Waals surface area contributed by atoms with Crippen LogP contribution in [0, 0.1) is 0 Å². The molecule has 9 rings (SSSR count). The summed E-state index contributed by atoms with van der Waals surface area (Å²) in [5.41, 5.74) is 10.1. The molecule has 2 aliphatic heterocycles. The Bertz CT molecular complexity index is 2260. The monoisotopic (exact) mass is 680 g/mol. The van der Waals surface area contributed by atoms with E-state index in [1.165, 1.54) is 86.1 Å². The third-order valence-electron chi connectivity index (χ3n) is 9.83. The highest BCUT2D eigenvalue weighted by Crippen LogP contribution is 2.49. The van der Waals surface area contributed by atoms with Crippen LogP contribution in [0.15, 0.2) is 153 Å². The van der Waals surface area contributed by atoms with Crippen molar-refractivity contribution in [3.8, 4) is 0 Å². The van der Waals surface area contributed by atoms with Gasteiger partial charge in [0.25, 0.3) is 0 Å². The van der Waals surface area contributed by atoms with E-state index in [4.69, 9.17) is 0 Å². The lowest BCUT2D eigenvalue weighted by atomic mass is 9.91. The maximum atomic E-state index is 2.42. The molecule has 0 fully saturated rings. The number of anilines is 4. The van der Waals surface area contributed by atoms with Crippen molar-refractivity contribution in [3.05, 3.63) is 156 Å². The van der Waals surface area contributed by atoms with Crippen LogP contribution < -0.4 is 9.80 Å². The molecule has 0 aromatic heterocycles. The minimum absolute atomic E-state index is 0.940. The van der Waals surface area contributed by atoms with Gasteiger partial charge in [-0.2, -0.15) is 0 Å². The lowest BCUT2D eigenvalue weighted by molar-refractivity contribution is 0.979. The van der Waals surface area contributed by atoms with Crippen molar-refractivity contribution >= 4 is 92.1 Å². The molecule has 0 aliphatic carbocycles. The van der Waals surface area contributed by atoms with Gasteiger partial charge in [0.15, 0.2) is 0 Å². The molecule has 2 nitrogen and oxygen atoms in total. The molecule has 242 valence electrons. The Kier molecular flexibility index (Phi) is 7.99. The molecule has 7 aromatic rings.